The topological polar surface area (TPSA) is 44.2 Å². The molecule has 3 aromatic rings. The second kappa shape index (κ2) is 13.3. The third-order valence-electron chi connectivity index (χ3n) is 5.91. The molecule has 0 saturated carbocycles. The number of aromatic nitrogens is 2. The fraction of sp³-hybridized carbons (Fsp3) is 0.333. The quantitative estimate of drug-likeness (QED) is 0.280. The Balaban J connectivity index is 2.00. The van der Waals surface area contributed by atoms with Crippen LogP contribution in [0.15, 0.2) is 61.2 Å². The molecule has 0 aliphatic carbocycles. The minimum absolute atomic E-state index is 0.481. The molecule has 0 N–H and O–H groups in total. The monoisotopic (exact) mass is 456 g/mol. The molecule has 2 aromatic heterocycles. The first-order valence-corrected chi connectivity index (χ1v) is 12.2. The molecule has 2 atom stereocenters. The number of benzene rings is 1. The van der Waals surface area contributed by atoms with E-state index < -0.39 is 0 Å². The van der Waals surface area contributed by atoms with E-state index in [4.69, 9.17) is 9.47 Å². The van der Waals surface area contributed by atoms with E-state index in [9.17, 15) is 0 Å². The molecule has 0 fully saturated rings. The maximum Gasteiger partial charge on any atom is 0.127 e. The lowest BCUT2D eigenvalue weighted by Gasteiger charge is -2.18. The van der Waals surface area contributed by atoms with Gasteiger partial charge in [0.1, 0.15) is 11.5 Å². The van der Waals surface area contributed by atoms with Crippen molar-refractivity contribution in [2.45, 2.75) is 40.5 Å². The predicted molar refractivity (Wildman–Crippen MR) is 143 cm³/mol. The number of hydrogen-bond donors (Lipinski definition) is 0. The highest BCUT2D eigenvalue weighted by Crippen LogP contribution is 2.33. The van der Waals surface area contributed by atoms with Gasteiger partial charge in [0.25, 0.3) is 0 Å². The van der Waals surface area contributed by atoms with E-state index in [1.54, 1.807) is 24.8 Å². The average molecular weight is 457 g/mol. The van der Waals surface area contributed by atoms with Gasteiger partial charge in [-0.05, 0) is 59.4 Å². The van der Waals surface area contributed by atoms with Gasteiger partial charge in [0, 0.05) is 35.9 Å². The maximum absolute atomic E-state index is 6.31. The molecule has 2 heterocycles. The van der Waals surface area contributed by atoms with E-state index in [1.165, 1.54) is 0 Å². The second-order valence-electron chi connectivity index (χ2n) is 8.80. The molecule has 0 amide bonds. The first-order chi connectivity index (χ1) is 16.6. The third kappa shape index (κ3) is 7.87. The molecule has 0 unspecified atom stereocenters. The van der Waals surface area contributed by atoms with Crippen molar-refractivity contribution < 1.29 is 9.47 Å². The van der Waals surface area contributed by atoms with E-state index in [-0.39, 0.29) is 0 Å². The zero-order valence-corrected chi connectivity index (χ0v) is 20.8. The maximum atomic E-state index is 6.31. The van der Waals surface area contributed by atoms with Crippen LogP contribution in [-0.4, -0.2) is 23.2 Å². The van der Waals surface area contributed by atoms with Crippen LogP contribution in [-0.2, 0) is 0 Å². The molecule has 3 rings (SSSR count). The Hall–Kier alpha value is -3.40. The minimum atomic E-state index is 0.481. The Labute approximate surface area is 204 Å². The van der Waals surface area contributed by atoms with Crippen LogP contribution in [0.4, 0.5) is 0 Å². The Morgan fingerprint density at radius 1 is 0.647 bits per heavy atom. The van der Waals surface area contributed by atoms with Crippen molar-refractivity contribution in [3.63, 3.8) is 0 Å². The summed E-state index contributed by atoms with van der Waals surface area (Å²) in [6.45, 7) is 10.1. The van der Waals surface area contributed by atoms with Gasteiger partial charge in [-0.15, -0.1) is 0 Å². The summed E-state index contributed by atoms with van der Waals surface area (Å²) in [5.41, 5.74) is 4.18. The van der Waals surface area contributed by atoms with Gasteiger partial charge < -0.3 is 9.47 Å². The van der Waals surface area contributed by atoms with Crippen LogP contribution in [0.1, 0.15) is 62.8 Å². The summed E-state index contributed by atoms with van der Waals surface area (Å²) < 4.78 is 12.6. The molecule has 0 spiro atoms. The van der Waals surface area contributed by atoms with Crippen LogP contribution in [0, 0.1) is 11.8 Å². The third-order valence-corrected chi connectivity index (χ3v) is 5.91. The molecular formula is C30H36N2O2. The Kier molecular flexibility index (Phi) is 9.90. The van der Waals surface area contributed by atoms with Crippen LogP contribution in [0.3, 0.4) is 0 Å². The molecule has 4 nitrogen and oxygen atoms in total. The van der Waals surface area contributed by atoms with Gasteiger partial charge in [0.05, 0.1) is 13.2 Å². The molecule has 0 bridgehead atoms. The van der Waals surface area contributed by atoms with Crippen LogP contribution in [0.5, 0.6) is 11.5 Å². The summed E-state index contributed by atoms with van der Waals surface area (Å²) in [5.74, 6) is 2.68. The summed E-state index contributed by atoms with van der Waals surface area (Å²) in [6.07, 6.45) is 17.7. The van der Waals surface area contributed by atoms with Gasteiger partial charge in [0.2, 0.25) is 0 Å². The van der Waals surface area contributed by atoms with E-state index in [0.717, 1.165) is 46.6 Å². The number of ether oxygens (including phenoxy) is 2. The fourth-order valence-electron chi connectivity index (χ4n) is 3.12. The summed E-state index contributed by atoms with van der Waals surface area (Å²) >= 11 is 0. The van der Waals surface area contributed by atoms with E-state index in [0.29, 0.717) is 25.0 Å². The van der Waals surface area contributed by atoms with Crippen LogP contribution < -0.4 is 9.47 Å². The summed E-state index contributed by atoms with van der Waals surface area (Å²) in [5, 5.41) is 0. The van der Waals surface area contributed by atoms with Crippen molar-refractivity contribution in [1.29, 1.82) is 0 Å². The first-order valence-electron chi connectivity index (χ1n) is 12.2. The van der Waals surface area contributed by atoms with Crippen molar-refractivity contribution >= 4 is 24.3 Å². The fourth-order valence-corrected chi connectivity index (χ4v) is 3.12. The van der Waals surface area contributed by atoms with Crippen molar-refractivity contribution in [1.82, 2.24) is 9.97 Å². The summed E-state index contributed by atoms with van der Waals surface area (Å²) in [6, 6.07) is 12.1. The predicted octanol–water partition coefficient (Wildman–Crippen LogP) is 7.67. The standard InChI is InChI=1S/C30H36N2O2/c1-5-23(3)21-33-29-19-28(10-8-26-13-17-32-18-14-26)30(34-22-24(4)6-2)20-27(29)9-7-25-11-15-31-16-12-25/h7-20,23-24H,5-6,21-22H2,1-4H3/b9-7+,10-8+/t23-,24-/m0/s1. The highest BCUT2D eigenvalue weighted by Gasteiger charge is 2.12. The van der Waals surface area contributed by atoms with Gasteiger partial charge in [-0.25, -0.2) is 0 Å². The SMILES string of the molecule is CC[C@H](C)COc1cc(/C=C/c2ccncc2)c(OC[C@@H](C)CC)cc1/C=C/c1ccncc1. The van der Waals surface area contributed by atoms with Gasteiger partial charge in [-0.3, -0.25) is 9.97 Å². The van der Waals surface area contributed by atoms with E-state index in [2.05, 4.69) is 74.1 Å². The Morgan fingerprint density at radius 3 is 1.38 bits per heavy atom. The van der Waals surface area contributed by atoms with Gasteiger partial charge in [-0.1, -0.05) is 64.8 Å². The van der Waals surface area contributed by atoms with Gasteiger partial charge in [0.15, 0.2) is 0 Å². The Bertz CT molecular complexity index is 975. The zero-order chi connectivity index (χ0) is 24.2. The van der Waals surface area contributed by atoms with Crippen molar-refractivity contribution in [2.75, 3.05) is 13.2 Å². The number of rotatable bonds is 12. The molecule has 0 radical (unpaired) electrons. The number of pyridine rings is 2. The molecule has 0 aliphatic rings. The van der Waals surface area contributed by atoms with Crippen LogP contribution >= 0.6 is 0 Å². The minimum Gasteiger partial charge on any atom is -0.493 e. The number of hydrogen-bond acceptors (Lipinski definition) is 4. The molecule has 34 heavy (non-hydrogen) atoms. The highest BCUT2D eigenvalue weighted by atomic mass is 16.5. The molecule has 0 aliphatic heterocycles. The van der Waals surface area contributed by atoms with Crippen molar-refractivity contribution in [2.24, 2.45) is 11.8 Å². The molecule has 1 aromatic carbocycles. The van der Waals surface area contributed by atoms with E-state index in [1.807, 2.05) is 24.3 Å². The average Bonchev–Trinajstić information content (AvgIpc) is 2.89. The molecule has 178 valence electrons. The van der Waals surface area contributed by atoms with Crippen molar-refractivity contribution in [3.8, 4) is 11.5 Å². The van der Waals surface area contributed by atoms with Gasteiger partial charge in [-0.2, -0.15) is 0 Å². The lowest BCUT2D eigenvalue weighted by Crippen LogP contribution is -2.10. The molecule has 0 saturated heterocycles. The smallest absolute Gasteiger partial charge is 0.127 e. The van der Waals surface area contributed by atoms with Gasteiger partial charge >= 0.3 is 0 Å². The lowest BCUT2D eigenvalue weighted by atomic mass is 10.0. The lowest BCUT2D eigenvalue weighted by molar-refractivity contribution is 0.249. The second-order valence-corrected chi connectivity index (χ2v) is 8.80. The van der Waals surface area contributed by atoms with E-state index >= 15 is 0 Å². The number of nitrogens with zero attached hydrogens (tertiary/aromatic N) is 2. The van der Waals surface area contributed by atoms with Crippen molar-refractivity contribution in [3.05, 3.63) is 83.4 Å². The molecule has 4 heteroatoms. The molecular weight excluding hydrogens is 420 g/mol. The largest absolute Gasteiger partial charge is 0.493 e. The first kappa shape index (κ1) is 25.2. The Morgan fingerprint density at radius 2 is 1.03 bits per heavy atom. The summed E-state index contributed by atoms with van der Waals surface area (Å²) in [4.78, 5) is 8.21. The zero-order valence-electron chi connectivity index (χ0n) is 20.8. The van der Waals surface area contributed by atoms with Crippen LogP contribution in [0.2, 0.25) is 0 Å². The van der Waals surface area contributed by atoms with Crippen LogP contribution in [0.25, 0.3) is 24.3 Å². The normalized spacial score (nSPS) is 13.3. The highest BCUT2D eigenvalue weighted by molar-refractivity contribution is 5.78. The summed E-state index contributed by atoms with van der Waals surface area (Å²) in [7, 11) is 0.